The number of benzene rings is 2. The zero-order valence-corrected chi connectivity index (χ0v) is 14.1. The molecular formula is C19H21NO4. The van der Waals surface area contributed by atoms with E-state index in [1.54, 1.807) is 32.4 Å². The van der Waals surface area contributed by atoms with Gasteiger partial charge in [0.25, 0.3) is 0 Å². The first-order chi connectivity index (χ1) is 11.5. The van der Waals surface area contributed by atoms with Crippen LogP contribution in [0.25, 0.3) is 0 Å². The molecule has 126 valence electrons. The quantitative estimate of drug-likeness (QED) is 0.794. The summed E-state index contributed by atoms with van der Waals surface area (Å²) in [7, 11) is 3.15. The highest BCUT2D eigenvalue weighted by Crippen LogP contribution is 2.21. The van der Waals surface area contributed by atoms with Crippen LogP contribution in [-0.2, 0) is 17.8 Å². The van der Waals surface area contributed by atoms with Gasteiger partial charge in [0.1, 0.15) is 11.5 Å². The summed E-state index contributed by atoms with van der Waals surface area (Å²) in [5.74, 6) is 1.15. The van der Waals surface area contributed by atoms with Gasteiger partial charge >= 0.3 is 0 Å². The van der Waals surface area contributed by atoms with E-state index in [2.05, 4.69) is 5.32 Å². The van der Waals surface area contributed by atoms with Crippen LogP contribution >= 0.6 is 0 Å². The van der Waals surface area contributed by atoms with Gasteiger partial charge in [-0.3, -0.25) is 9.59 Å². The van der Waals surface area contributed by atoms with Crippen LogP contribution in [0.2, 0.25) is 0 Å². The number of Topliss-reactive ketones (excluding diaryl/α,β-unsaturated/α-hetero) is 1. The molecule has 1 N–H and O–H groups in total. The van der Waals surface area contributed by atoms with E-state index in [1.165, 1.54) is 6.92 Å². The first kappa shape index (κ1) is 17.5. The number of methoxy groups -OCH3 is 2. The van der Waals surface area contributed by atoms with Crippen LogP contribution in [0.5, 0.6) is 11.5 Å². The van der Waals surface area contributed by atoms with E-state index < -0.39 is 0 Å². The van der Waals surface area contributed by atoms with Crippen molar-refractivity contribution in [3.05, 3.63) is 59.2 Å². The normalized spacial score (nSPS) is 10.1. The van der Waals surface area contributed by atoms with Crippen molar-refractivity contribution >= 4 is 11.7 Å². The molecule has 24 heavy (non-hydrogen) atoms. The van der Waals surface area contributed by atoms with Gasteiger partial charge in [-0.25, -0.2) is 0 Å². The fraction of sp³-hybridized carbons (Fsp3) is 0.263. The maximum absolute atomic E-state index is 12.2. The van der Waals surface area contributed by atoms with E-state index in [4.69, 9.17) is 9.47 Å². The number of amides is 1. The lowest BCUT2D eigenvalue weighted by Crippen LogP contribution is -2.24. The monoisotopic (exact) mass is 327 g/mol. The largest absolute Gasteiger partial charge is 0.497 e. The van der Waals surface area contributed by atoms with Crippen LogP contribution < -0.4 is 14.8 Å². The van der Waals surface area contributed by atoms with Gasteiger partial charge in [0.2, 0.25) is 5.91 Å². The van der Waals surface area contributed by atoms with Gasteiger partial charge < -0.3 is 14.8 Å². The molecule has 0 bridgehead atoms. The smallest absolute Gasteiger partial charge is 0.224 e. The number of hydrogen-bond donors (Lipinski definition) is 1. The summed E-state index contributed by atoms with van der Waals surface area (Å²) in [6.45, 7) is 1.90. The van der Waals surface area contributed by atoms with Crippen LogP contribution in [0.3, 0.4) is 0 Å². The van der Waals surface area contributed by atoms with Gasteiger partial charge in [0.15, 0.2) is 5.78 Å². The summed E-state index contributed by atoms with van der Waals surface area (Å²) in [6, 6.07) is 12.6. The van der Waals surface area contributed by atoms with Crippen LogP contribution in [0.4, 0.5) is 0 Å². The van der Waals surface area contributed by atoms with Crippen molar-refractivity contribution in [3.8, 4) is 11.5 Å². The van der Waals surface area contributed by atoms with E-state index in [0.29, 0.717) is 23.4 Å². The Bertz CT molecular complexity index is 740. The Morgan fingerprint density at radius 2 is 1.83 bits per heavy atom. The molecule has 1 amide bonds. The molecule has 5 heteroatoms. The maximum atomic E-state index is 12.2. The lowest BCUT2D eigenvalue weighted by Gasteiger charge is -2.11. The second-order valence-electron chi connectivity index (χ2n) is 5.39. The number of carbonyl (C=O) groups is 2. The van der Waals surface area contributed by atoms with E-state index in [1.807, 2.05) is 24.3 Å². The van der Waals surface area contributed by atoms with E-state index in [9.17, 15) is 9.59 Å². The molecule has 0 aliphatic carbocycles. The number of ketones is 1. The highest BCUT2D eigenvalue weighted by atomic mass is 16.5. The zero-order valence-electron chi connectivity index (χ0n) is 14.1. The molecule has 5 nitrogen and oxygen atoms in total. The summed E-state index contributed by atoms with van der Waals surface area (Å²) < 4.78 is 10.4. The van der Waals surface area contributed by atoms with Gasteiger partial charge in [0, 0.05) is 17.7 Å². The molecule has 0 aliphatic rings. The third kappa shape index (κ3) is 4.59. The number of nitrogens with one attached hydrogen (secondary N) is 1. The molecular weight excluding hydrogens is 306 g/mol. The third-order valence-electron chi connectivity index (χ3n) is 3.66. The minimum atomic E-state index is -0.142. The average molecular weight is 327 g/mol. The van der Waals surface area contributed by atoms with Crippen molar-refractivity contribution < 1.29 is 19.1 Å². The first-order valence-electron chi connectivity index (χ1n) is 7.61. The molecule has 0 unspecified atom stereocenters. The summed E-state index contributed by atoms with van der Waals surface area (Å²) in [5.41, 5.74) is 2.20. The Labute approximate surface area is 141 Å². The molecule has 0 heterocycles. The first-order valence-corrected chi connectivity index (χ1v) is 7.61. The Morgan fingerprint density at radius 1 is 1.04 bits per heavy atom. The molecule has 2 aromatic carbocycles. The second-order valence-corrected chi connectivity index (χ2v) is 5.39. The minimum Gasteiger partial charge on any atom is -0.497 e. The Balaban J connectivity index is 2.03. The highest BCUT2D eigenvalue weighted by Gasteiger charge is 2.11. The Morgan fingerprint density at radius 3 is 2.50 bits per heavy atom. The molecule has 0 saturated heterocycles. The molecule has 0 spiro atoms. The van der Waals surface area contributed by atoms with E-state index >= 15 is 0 Å². The number of hydrogen-bond acceptors (Lipinski definition) is 4. The minimum absolute atomic E-state index is 0.0457. The van der Waals surface area contributed by atoms with Crippen LogP contribution in [0.15, 0.2) is 42.5 Å². The number of carbonyl (C=O) groups excluding carboxylic acids is 2. The third-order valence-corrected chi connectivity index (χ3v) is 3.66. The van der Waals surface area contributed by atoms with Crippen molar-refractivity contribution in [2.24, 2.45) is 0 Å². The van der Waals surface area contributed by atoms with Gasteiger partial charge in [-0.05, 0) is 42.8 Å². The lowest BCUT2D eigenvalue weighted by atomic mass is 10.0. The van der Waals surface area contributed by atoms with Crippen molar-refractivity contribution in [1.82, 2.24) is 5.32 Å². The fourth-order valence-electron chi connectivity index (χ4n) is 2.35. The second kappa shape index (κ2) is 8.15. The van der Waals surface area contributed by atoms with Crippen molar-refractivity contribution in [3.63, 3.8) is 0 Å². The predicted molar refractivity (Wildman–Crippen MR) is 91.5 cm³/mol. The van der Waals surface area contributed by atoms with Gasteiger partial charge in [-0.15, -0.1) is 0 Å². The number of ether oxygens (including phenoxy) is 2. The highest BCUT2D eigenvalue weighted by molar-refractivity contribution is 5.94. The predicted octanol–water partition coefficient (Wildman–Crippen LogP) is 2.77. The average Bonchev–Trinajstić information content (AvgIpc) is 2.60. The molecule has 0 atom stereocenters. The van der Waals surface area contributed by atoms with Crippen molar-refractivity contribution in [1.29, 1.82) is 0 Å². The topological polar surface area (TPSA) is 64.6 Å². The van der Waals surface area contributed by atoms with E-state index in [0.717, 1.165) is 11.3 Å². The molecule has 0 aromatic heterocycles. The van der Waals surface area contributed by atoms with Crippen molar-refractivity contribution in [2.45, 2.75) is 19.9 Å². The zero-order chi connectivity index (χ0) is 17.5. The summed E-state index contributed by atoms with van der Waals surface area (Å²) in [5, 5.41) is 2.86. The SMILES string of the molecule is COc1cccc(CNC(=O)Cc2cc(C(C)=O)ccc2OC)c1. The lowest BCUT2D eigenvalue weighted by molar-refractivity contribution is -0.120. The molecule has 0 saturated carbocycles. The molecule has 2 rings (SSSR count). The Kier molecular flexibility index (Phi) is 5.95. The molecule has 2 aromatic rings. The van der Waals surface area contributed by atoms with Crippen LogP contribution in [0.1, 0.15) is 28.4 Å². The van der Waals surface area contributed by atoms with Gasteiger partial charge in [0.05, 0.1) is 20.6 Å². The standard InChI is InChI=1S/C19H21NO4/c1-13(21)15-7-8-18(24-3)16(10-15)11-19(22)20-12-14-5-4-6-17(9-14)23-2/h4-10H,11-12H2,1-3H3,(H,20,22). The summed E-state index contributed by atoms with van der Waals surface area (Å²) in [4.78, 5) is 23.7. The molecule has 0 fully saturated rings. The Hall–Kier alpha value is -2.82. The van der Waals surface area contributed by atoms with E-state index in [-0.39, 0.29) is 18.1 Å². The van der Waals surface area contributed by atoms with Crippen LogP contribution in [0, 0.1) is 0 Å². The molecule has 0 aliphatic heterocycles. The maximum Gasteiger partial charge on any atom is 0.224 e. The van der Waals surface area contributed by atoms with Gasteiger partial charge in [-0.1, -0.05) is 12.1 Å². The summed E-state index contributed by atoms with van der Waals surface area (Å²) >= 11 is 0. The summed E-state index contributed by atoms with van der Waals surface area (Å²) in [6.07, 6.45) is 0.147. The number of rotatable bonds is 7. The van der Waals surface area contributed by atoms with Crippen molar-refractivity contribution in [2.75, 3.05) is 14.2 Å². The molecule has 0 radical (unpaired) electrons. The van der Waals surface area contributed by atoms with Crippen LogP contribution in [-0.4, -0.2) is 25.9 Å². The fourth-order valence-corrected chi connectivity index (χ4v) is 2.35. The van der Waals surface area contributed by atoms with Gasteiger partial charge in [-0.2, -0.15) is 0 Å².